The molecule has 1 aliphatic heterocycles. The number of nitrogens with zero attached hydrogens (tertiary/aromatic N) is 2. The summed E-state index contributed by atoms with van der Waals surface area (Å²) in [6.45, 7) is 1.54. The number of amides is 1. The van der Waals surface area contributed by atoms with E-state index in [2.05, 4.69) is 29.2 Å². The molecule has 3 rings (SSSR count). The van der Waals surface area contributed by atoms with Gasteiger partial charge < -0.3 is 10.0 Å². The van der Waals surface area contributed by atoms with Crippen LogP contribution in [0.1, 0.15) is 28.8 Å². The van der Waals surface area contributed by atoms with Crippen LogP contribution < -0.4 is 0 Å². The van der Waals surface area contributed by atoms with Gasteiger partial charge in [0.2, 0.25) is 0 Å². The number of pyridine rings is 1. The van der Waals surface area contributed by atoms with E-state index in [1.807, 2.05) is 11.0 Å². The first kappa shape index (κ1) is 14.6. The average Bonchev–Trinajstić information content (AvgIpc) is 2.56. The second-order valence-corrected chi connectivity index (χ2v) is 5.86. The van der Waals surface area contributed by atoms with Crippen molar-refractivity contribution in [1.82, 2.24) is 9.88 Å². The van der Waals surface area contributed by atoms with Crippen molar-refractivity contribution in [3.63, 3.8) is 0 Å². The highest BCUT2D eigenvalue weighted by Crippen LogP contribution is 2.23. The van der Waals surface area contributed by atoms with E-state index in [4.69, 9.17) is 0 Å². The molecule has 1 amide bonds. The van der Waals surface area contributed by atoms with Crippen molar-refractivity contribution in [2.24, 2.45) is 5.92 Å². The summed E-state index contributed by atoms with van der Waals surface area (Å²) in [5.41, 5.74) is 1.82. The highest BCUT2D eigenvalue weighted by Gasteiger charge is 2.24. The third kappa shape index (κ3) is 3.45. The Morgan fingerprint density at radius 1 is 1.18 bits per heavy atom. The van der Waals surface area contributed by atoms with Crippen LogP contribution in [0.15, 0.2) is 48.8 Å². The van der Waals surface area contributed by atoms with Gasteiger partial charge in [0.05, 0.1) is 11.8 Å². The summed E-state index contributed by atoms with van der Waals surface area (Å²) < 4.78 is 0. The van der Waals surface area contributed by atoms with Crippen LogP contribution in [0.4, 0.5) is 0 Å². The molecule has 0 bridgehead atoms. The van der Waals surface area contributed by atoms with Gasteiger partial charge in [0.1, 0.15) is 5.75 Å². The minimum atomic E-state index is -0.0402. The highest BCUT2D eigenvalue weighted by molar-refractivity contribution is 5.94. The van der Waals surface area contributed by atoms with Gasteiger partial charge in [0.25, 0.3) is 5.91 Å². The van der Waals surface area contributed by atoms with E-state index >= 15 is 0 Å². The second-order valence-electron chi connectivity index (χ2n) is 5.86. The Morgan fingerprint density at radius 3 is 2.59 bits per heavy atom. The summed E-state index contributed by atoms with van der Waals surface area (Å²) in [7, 11) is 0. The van der Waals surface area contributed by atoms with E-state index in [9.17, 15) is 9.90 Å². The van der Waals surface area contributed by atoms with E-state index in [0.717, 1.165) is 32.4 Å². The SMILES string of the molecule is O=C(c1cncc(O)c1)N1CCC(Cc2ccccc2)CC1. The lowest BCUT2D eigenvalue weighted by atomic mass is 9.90. The number of carbonyl (C=O) groups is 1. The molecule has 114 valence electrons. The summed E-state index contributed by atoms with van der Waals surface area (Å²) in [5, 5.41) is 9.43. The summed E-state index contributed by atoms with van der Waals surface area (Å²) in [4.78, 5) is 18.1. The molecule has 0 radical (unpaired) electrons. The lowest BCUT2D eigenvalue weighted by Crippen LogP contribution is -2.38. The molecule has 4 heteroatoms. The van der Waals surface area contributed by atoms with E-state index < -0.39 is 0 Å². The van der Waals surface area contributed by atoms with Crippen LogP contribution in [-0.4, -0.2) is 34.0 Å². The number of benzene rings is 1. The lowest BCUT2D eigenvalue weighted by molar-refractivity contribution is 0.0689. The van der Waals surface area contributed by atoms with Gasteiger partial charge in [-0.25, -0.2) is 0 Å². The van der Waals surface area contributed by atoms with Crippen molar-refractivity contribution >= 4 is 5.91 Å². The molecule has 0 saturated carbocycles. The van der Waals surface area contributed by atoms with Crippen LogP contribution in [0.5, 0.6) is 5.75 Å². The third-order valence-electron chi connectivity index (χ3n) is 4.24. The predicted octanol–water partition coefficient (Wildman–Crippen LogP) is 2.88. The maximum Gasteiger partial charge on any atom is 0.255 e. The molecular formula is C18H20N2O2. The quantitative estimate of drug-likeness (QED) is 0.947. The summed E-state index contributed by atoms with van der Waals surface area (Å²) in [6.07, 6.45) is 5.97. The van der Waals surface area contributed by atoms with Crippen LogP contribution in [0.3, 0.4) is 0 Å². The number of aromatic nitrogens is 1. The molecule has 1 aromatic carbocycles. The maximum absolute atomic E-state index is 12.4. The van der Waals surface area contributed by atoms with Crippen molar-refractivity contribution in [3.05, 3.63) is 59.9 Å². The Kier molecular flexibility index (Phi) is 4.37. The second kappa shape index (κ2) is 6.60. The fraction of sp³-hybridized carbons (Fsp3) is 0.333. The number of hydrogen-bond donors (Lipinski definition) is 1. The Labute approximate surface area is 130 Å². The topological polar surface area (TPSA) is 53.4 Å². The minimum Gasteiger partial charge on any atom is -0.506 e. The van der Waals surface area contributed by atoms with Crippen LogP contribution in [-0.2, 0) is 6.42 Å². The monoisotopic (exact) mass is 296 g/mol. The van der Waals surface area contributed by atoms with Crippen LogP contribution in [0.2, 0.25) is 0 Å². The molecule has 2 heterocycles. The largest absolute Gasteiger partial charge is 0.506 e. The minimum absolute atomic E-state index is 0.0322. The van der Waals surface area contributed by atoms with E-state index in [1.165, 1.54) is 24.0 Å². The van der Waals surface area contributed by atoms with Gasteiger partial charge in [0.15, 0.2) is 0 Å². The zero-order chi connectivity index (χ0) is 15.4. The number of hydrogen-bond acceptors (Lipinski definition) is 3. The molecule has 0 unspecified atom stereocenters. The van der Waals surface area contributed by atoms with Crippen LogP contribution in [0, 0.1) is 5.92 Å². The van der Waals surface area contributed by atoms with Crippen molar-refractivity contribution < 1.29 is 9.90 Å². The molecule has 2 aromatic rings. The standard InChI is InChI=1S/C18H20N2O2/c21-17-11-16(12-19-13-17)18(22)20-8-6-15(7-9-20)10-14-4-2-1-3-5-14/h1-5,11-13,15,21H,6-10H2. The van der Waals surface area contributed by atoms with Gasteiger partial charge in [0, 0.05) is 19.3 Å². The fourth-order valence-electron chi connectivity index (χ4n) is 3.01. The molecule has 4 nitrogen and oxygen atoms in total. The van der Waals surface area contributed by atoms with Crippen molar-refractivity contribution in [3.8, 4) is 5.75 Å². The lowest BCUT2D eigenvalue weighted by Gasteiger charge is -2.32. The number of carbonyl (C=O) groups excluding carboxylic acids is 1. The number of likely N-dealkylation sites (tertiary alicyclic amines) is 1. The highest BCUT2D eigenvalue weighted by atomic mass is 16.3. The number of piperidine rings is 1. The molecule has 1 aliphatic rings. The Morgan fingerprint density at radius 2 is 1.91 bits per heavy atom. The van der Waals surface area contributed by atoms with Gasteiger partial charge in [-0.3, -0.25) is 9.78 Å². The summed E-state index contributed by atoms with van der Waals surface area (Å²) in [5.74, 6) is 0.625. The summed E-state index contributed by atoms with van der Waals surface area (Å²) in [6, 6.07) is 12.0. The van der Waals surface area contributed by atoms with E-state index in [0.29, 0.717) is 11.5 Å². The average molecular weight is 296 g/mol. The van der Waals surface area contributed by atoms with Gasteiger partial charge in [-0.1, -0.05) is 30.3 Å². The Bertz CT molecular complexity index is 635. The molecule has 1 N–H and O–H groups in total. The van der Waals surface area contributed by atoms with Crippen LogP contribution >= 0.6 is 0 Å². The zero-order valence-electron chi connectivity index (χ0n) is 12.5. The van der Waals surface area contributed by atoms with Crippen LogP contribution in [0.25, 0.3) is 0 Å². The third-order valence-corrected chi connectivity index (χ3v) is 4.24. The molecule has 0 aliphatic carbocycles. The van der Waals surface area contributed by atoms with Gasteiger partial charge in [-0.2, -0.15) is 0 Å². The molecule has 0 spiro atoms. The number of rotatable bonds is 3. The fourth-order valence-corrected chi connectivity index (χ4v) is 3.01. The summed E-state index contributed by atoms with van der Waals surface area (Å²) >= 11 is 0. The zero-order valence-corrected chi connectivity index (χ0v) is 12.5. The Hall–Kier alpha value is -2.36. The van der Waals surface area contributed by atoms with E-state index in [1.54, 1.807) is 0 Å². The molecule has 1 saturated heterocycles. The van der Waals surface area contributed by atoms with E-state index in [-0.39, 0.29) is 11.7 Å². The van der Waals surface area contributed by atoms with Crippen molar-refractivity contribution in [1.29, 1.82) is 0 Å². The predicted molar refractivity (Wildman–Crippen MR) is 84.7 cm³/mol. The normalized spacial score (nSPS) is 15.7. The molecule has 0 atom stereocenters. The molecular weight excluding hydrogens is 276 g/mol. The van der Waals surface area contributed by atoms with Crippen molar-refractivity contribution in [2.45, 2.75) is 19.3 Å². The Balaban J connectivity index is 1.56. The molecule has 22 heavy (non-hydrogen) atoms. The van der Waals surface area contributed by atoms with Crippen molar-refractivity contribution in [2.75, 3.05) is 13.1 Å². The first-order valence-electron chi connectivity index (χ1n) is 7.69. The molecule has 1 aromatic heterocycles. The van der Waals surface area contributed by atoms with Gasteiger partial charge in [-0.05, 0) is 36.8 Å². The maximum atomic E-state index is 12.4. The first-order chi connectivity index (χ1) is 10.7. The van der Waals surface area contributed by atoms with Gasteiger partial charge in [-0.15, -0.1) is 0 Å². The molecule has 1 fully saturated rings. The first-order valence-corrected chi connectivity index (χ1v) is 7.69. The van der Waals surface area contributed by atoms with Gasteiger partial charge >= 0.3 is 0 Å². The smallest absolute Gasteiger partial charge is 0.255 e. The number of aromatic hydroxyl groups is 1.